The minimum absolute atomic E-state index is 0.0233. The third-order valence-corrected chi connectivity index (χ3v) is 2.38. The van der Waals surface area contributed by atoms with Gasteiger partial charge in [-0.15, -0.1) is 0 Å². The average molecular weight is 246 g/mol. The van der Waals surface area contributed by atoms with Crippen molar-refractivity contribution in [3.8, 4) is 0 Å². The molecule has 6 nitrogen and oxygen atoms in total. The molecule has 1 heterocycles. The van der Waals surface area contributed by atoms with E-state index in [2.05, 4.69) is 20.3 Å². The molecule has 0 aliphatic rings. The summed E-state index contributed by atoms with van der Waals surface area (Å²) >= 11 is 0. The van der Waals surface area contributed by atoms with Crippen molar-refractivity contribution >= 4 is 17.4 Å². The largest absolute Gasteiger partial charge is 0.363 e. The number of nitrogens with two attached hydrogens (primary N) is 1. The Balaban J connectivity index is 1.95. The number of amides is 2. The van der Waals surface area contributed by atoms with Crippen LogP contribution in [-0.2, 0) is 0 Å². The SMILES string of the molecule is CC(N)c1ccc(NC(=O)Nc2cnoc2)cc1. The lowest BCUT2D eigenvalue weighted by Gasteiger charge is -2.08. The monoisotopic (exact) mass is 246 g/mol. The molecule has 0 spiro atoms. The quantitative estimate of drug-likeness (QED) is 0.774. The smallest absolute Gasteiger partial charge is 0.323 e. The summed E-state index contributed by atoms with van der Waals surface area (Å²) in [6.45, 7) is 1.90. The van der Waals surface area contributed by atoms with Crippen LogP contribution < -0.4 is 16.4 Å². The first kappa shape index (κ1) is 12.1. The van der Waals surface area contributed by atoms with E-state index in [1.807, 2.05) is 19.1 Å². The molecular weight excluding hydrogens is 232 g/mol. The lowest BCUT2D eigenvalue weighted by Crippen LogP contribution is -2.19. The Morgan fingerprint density at radius 2 is 1.94 bits per heavy atom. The Bertz CT molecular complexity index is 505. The van der Waals surface area contributed by atoms with E-state index in [0.717, 1.165) is 5.56 Å². The second kappa shape index (κ2) is 5.33. The molecule has 2 amide bonds. The summed E-state index contributed by atoms with van der Waals surface area (Å²) in [5, 5.41) is 8.74. The highest BCUT2D eigenvalue weighted by Gasteiger charge is 2.04. The van der Waals surface area contributed by atoms with Crippen LogP contribution in [0.4, 0.5) is 16.2 Å². The number of aromatic nitrogens is 1. The third kappa shape index (κ3) is 3.08. The van der Waals surface area contributed by atoms with Gasteiger partial charge in [-0.25, -0.2) is 4.79 Å². The fraction of sp³-hybridized carbons (Fsp3) is 0.167. The van der Waals surface area contributed by atoms with Gasteiger partial charge in [0, 0.05) is 11.7 Å². The number of hydrogen-bond donors (Lipinski definition) is 3. The molecule has 18 heavy (non-hydrogen) atoms. The molecular formula is C12H14N4O2. The first-order valence-electron chi connectivity index (χ1n) is 5.48. The fourth-order valence-electron chi connectivity index (χ4n) is 1.43. The van der Waals surface area contributed by atoms with Crippen LogP contribution in [-0.4, -0.2) is 11.2 Å². The van der Waals surface area contributed by atoms with E-state index in [9.17, 15) is 4.79 Å². The fourth-order valence-corrected chi connectivity index (χ4v) is 1.43. The Morgan fingerprint density at radius 3 is 2.50 bits per heavy atom. The molecule has 2 aromatic rings. The number of benzene rings is 1. The highest BCUT2D eigenvalue weighted by molar-refractivity contribution is 5.99. The van der Waals surface area contributed by atoms with Gasteiger partial charge >= 0.3 is 6.03 Å². The van der Waals surface area contributed by atoms with Crippen LogP contribution in [0, 0.1) is 0 Å². The van der Waals surface area contributed by atoms with Gasteiger partial charge in [-0.2, -0.15) is 0 Å². The van der Waals surface area contributed by atoms with E-state index in [0.29, 0.717) is 11.4 Å². The van der Waals surface area contributed by atoms with Crippen LogP contribution in [0.25, 0.3) is 0 Å². The lowest BCUT2D eigenvalue weighted by molar-refractivity contribution is 0.262. The zero-order valence-corrected chi connectivity index (χ0v) is 9.88. The van der Waals surface area contributed by atoms with Gasteiger partial charge in [0.2, 0.25) is 0 Å². The highest BCUT2D eigenvalue weighted by Crippen LogP contribution is 2.14. The van der Waals surface area contributed by atoms with Gasteiger partial charge in [0.25, 0.3) is 0 Å². The van der Waals surface area contributed by atoms with Crippen molar-refractivity contribution in [3.05, 3.63) is 42.3 Å². The van der Waals surface area contributed by atoms with E-state index >= 15 is 0 Å². The minimum atomic E-state index is -0.355. The van der Waals surface area contributed by atoms with Gasteiger partial charge in [0.15, 0.2) is 0 Å². The van der Waals surface area contributed by atoms with Gasteiger partial charge in [-0.3, -0.25) is 0 Å². The molecule has 0 saturated heterocycles. The molecule has 0 bridgehead atoms. The van der Waals surface area contributed by atoms with Gasteiger partial charge in [-0.1, -0.05) is 17.3 Å². The van der Waals surface area contributed by atoms with Crippen LogP contribution in [0.5, 0.6) is 0 Å². The van der Waals surface area contributed by atoms with Crippen molar-refractivity contribution in [3.63, 3.8) is 0 Å². The predicted octanol–water partition coefficient (Wildman–Crippen LogP) is 2.34. The van der Waals surface area contributed by atoms with Crippen LogP contribution in [0.15, 0.2) is 41.2 Å². The number of nitrogens with zero attached hydrogens (tertiary/aromatic N) is 1. The van der Waals surface area contributed by atoms with Crippen LogP contribution in [0.1, 0.15) is 18.5 Å². The molecule has 1 unspecified atom stereocenters. The minimum Gasteiger partial charge on any atom is -0.363 e. The molecule has 6 heteroatoms. The highest BCUT2D eigenvalue weighted by atomic mass is 16.5. The summed E-state index contributed by atoms with van der Waals surface area (Å²) in [5.74, 6) is 0. The first-order valence-corrected chi connectivity index (χ1v) is 5.48. The zero-order valence-electron chi connectivity index (χ0n) is 9.88. The molecule has 0 aliphatic carbocycles. The number of hydrogen-bond acceptors (Lipinski definition) is 4. The molecule has 1 atom stereocenters. The predicted molar refractivity (Wildman–Crippen MR) is 68.2 cm³/mol. The van der Waals surface area contributed by atoms with Gasteiger partial charge in [-0.05, 0) is 24.6 Å². The number of carbonyl (C=O) groups is 1. The van der Waals surface area contributed by atoms with Crippen molar-refractivity contribution in [1.29, 1.82) is 0 Å². The Morgan fingerprint density at radius 1 is 1.28 bits per heavy atom. The van der Waals surface area contributed by atoms with Crippen LogP contribution in [0.2, 0.25) is 0 Å². The van der Waals surface area contributed by atoms with Gasteiger partial charge < -0.3 is 20.9 Å². The summed E-state index contributed by atoms with van der Waals surface area (Å²) < 4.78 is 4.60. The van der Waals surface area contributed by atoms with E-state index in [4.69, 9.17) is 5.73 Å². The third-order valence-electron chi connectivity index (χ3n) is 2.38. The van der Waals surface area contributed by atoms with Gasteiger partial charge in [0.1, 0.15) is 12.0 Å². The standard InChI is InChI=1S/C12H14N4O2/c1-8(13)9-2-4-10(5-3-9)15-12(17)16-11-6-14-18-7-11/h2-8H,13H2,1H3,(H2,15,16,17). The maximum absolute atomic E-state index is 11.6. The second-order valence-corrected chi connectivity index (χ2v) is 3.90. The summed E-state index contributed by atoms with van der Waals surface area (Å²) in [7, 11) is 0. The molecule has 4 N–H and O–H groups in total. The lowest BCUT2D eigenvalue weighted by atomic mass is 10.1. The maximum atomic E-state index is 11.6. The molecule has 0 radical (unpaired) electrons. The number of carbonyl (C=O) groups excluding carboxylic acids is 1. The molecule has 0 fully saturated rings. The topological polar surface area (TPSA) is 93.2 Å². The maximum Gasteiger partial charge on any atom is 0.323 e. The van der Waals surface area contributed by atoms with Crippen molar-refractivity contribution in [2.45, 2.75) is 13.0 Å². The molecule has 1 aromatic heterocycles. The second-order valence-electron chi connectivity index (χ2n) is 3.90. The Kier molecular flexibility index (Phi) is 3.59. The van der Waals surface area contributed by atoms with Crippen molar-refractivity contribution < 1.29 is 9.32 Å². The summed E-state index contributed by atoms with van der Waals surface area (Å²) in [5.41, 5.74) is 7.94. The average Bonchev–Trinajstić information content (AvgIpc) is 2.82. The normalized spacial score (nSPS) is 11.9. The van der Waals surface area contributed by atoms with E-state index in [1.165, 1.54) is 12.5 Å². The number of anilines is 2. The van der Waals surface area contributed by atoms with E-state index < -0.39 is 0 Å². The number of nitrogens with one attached hydrogen (secondary N) is 2. The Hall–Kier alpha value is -2.34. The number of urea groups is 1. The Labute approximate surface area is 104 Å². The molecule has 1 aromatic carbocycles. The van der Waals surface area contributed by atoms with Crippen LogP contribution >= 0.6 is 0 Å². The van der Waals surface area contributed by atoms with Crippen molar-refractivity contribution in [2.24, 2.45) is 5.73 Å². The summed E-state index contributed by atoms with van der Waals surface area (Å²) in [4.78, 5) is 11.6. The summed E-state index contributed by atoms with van der Waals surface area (Å²) in [6, 6.07) is 6.97. The van der Waals surface area contributed by atoms with Crippen LogP contribution in [0.3, 0.4) is 0 Å². The van der Waals surface area contributed by atoms with Gasteiger partial charge in [0.05, 0.1) is 6.20 Å². The van der Waals surface area contributed by atoms with E-state index in [-0.39, 0.29) is 12.1 Å². The molecule has 0 aliphatic heterocycles. The molecule has 2 rings (SSSR count). The zero-order chi connectivity index (χ0) is 13.0. The first-order chi connectivity index (χ1) is 8.65. The molecule has 94 valence electrons. The van der Waals surface area contributed by atoms with E-state index in [1.54, 1.807) is 12.1 Å². The van der Waals surface area contributed by atoms with Crippen molar-refractivity contribution in [1.82, 2.24) is 5.16 Å². The molecule has 0 saturated carbocycles. The summed E-state index contributed by atoms with van der Waals surface area (Å²) in [6.07, 6.45) is 2.76. The number of rotatable bonds is 3. The van der Waals surface area contributed by atoms with Crippen molar-refractivity contribution in [2.75, 3.05) is 10.6 Å².